The summed E-state index contributed by atoms with van der Waals surface area (Å²) in [6.45, 7) is 1.27. The Morgan fingerprint density at radius 3 is 2.38 bits per heavy atom. The zero-order valence-electron chi connectivity index (χ0n) is 14.4. The van der Waals surface area contributed by atoms with Gasteiger partial charge in [0.1, 0.15) is 11.5 Å². The van der Waals surface area contributed by atoms with E-state index >= 15 is 0 Å². The molecule has 0 radical (unpaired) electrons. The number of likely N-dealkylation sites (tertiary alicyclic amines) is 1. The van der Waals surface area contributed by atoms with E-state index in [2.05, 4.69) is 5.32 Å². The lowest BCUT2D eigenvalue weighted by Gasteiger charge is -2.30. The van der Waals surface area contributed by atoms with Gasteiger partial charge in [0, 0.05) is 25.2 Å². The van der Waals surface area contributed by atoms with Crippen molar-refractivity contribution in [2.24, 2.45) is 5.92 Å². The Hall–Kier alpha value is -3.02. The van der Waals surface area contributed by atoms with Crippen LogP contribution >= 0.6 is 0 Å². The second-order valence-corrected chi connectivity index (χ2v) is 6.28. The zero-order chi connectivity index (χ0) is 18.4. The van der Waals surface area contributed by atoms with Gasteiger partial charge in [-0.15, -0.1) is 0 Å². The number of carboxylic acids is 1. The highest BCUT2D eigenvalue weighted by Crippen LogP contribution is 2.25. The summed E-state index contributed by atoms with van der Waals surface area (Å²) < 4.78 is 5.90. The number of urea groups is 1. The number of nitrogens with one attached hydrogen (secondary N) is 1. The summed E-state index contributed by atoms with van der Waals surface area (Å²) in [6, 6.07) is 16.9. The highest BCUT2D eigenvalue weighted by molar-refractivity contribution is 5.75. The normalized spacial score (nSPS) is 14.7. The van der Waals surface area contributed by atoms with Crippen LogP contribution in [-0.4, -0.2) is 35.1 Å². The number of carbonyl (C=O) groups excluding carboxylic acids is 1. The van der Waals surface area contributed by atoms with E-state index < -0.39 is 5.97 Å². The minimum atomic E-state index is -0.781. The maximum Gasteiger partial charge on any atom is 0.317 e. The highest BCUT2D eigenvalue weighted by atomic mass is 16.5. The van der Waals surface area contributed by atoms with E-state index in [-0.39, 0.29) is 11.9 Å². The lowest BCUT2D eigenvalue weighted by molar-refractivity contribution is -0.143. The molecule has 6 nitrogen and oxygen atoms in total. The molecule has 0 atom stereocenters. The third-order valence-corrected chi connectivity index (χ3v) is 4.51. The summed E-state index contributed by atoms with van der Waals surface area (Å²) in [5.74, 6) is 0.307. The van der Waals surface area contributed by atoms with Crippen molar-refractivity contribution in [1.29, 1.82) is 0 Å². The zero-order valence-corrected chi connectivity index (χ0v) is 14.4. The molecule has 0 aromatic heterocycles. The topological polar surface area (TPSA) is 78.9 Å². The van der Waals surface area contributed by atoms with Crippen LogP contribution in [0, 0.1) is 5.92 Å². The van der Waals surface area contributed by atoms with Crippen molar-refractivity contribution in [2.75, 3.05) is 13.1 Å². The molecule has 3 rings (SSSR count). The molecule has 26 heavy (non-hydrogen) atoms. The number of rotatable bonds is 5. The Morgan fingerprint density at radius 1 is 1.04 bits per heavy atom. The first-order valence-electron chi connectivity index (χ1n) is 8.70. The van der Waals surface area contributed by atoms with Crippen molar-refractivity contribution in [3.8, 4) is 11.5 Å². The largest absolute Gasteiger partial charge is 0.481 e. The van der Waals surface area contributed by atoms with E-state index in [4.69, 9.17) is 9.84 Å². The van der Waals surface area contributed by atoms with E-state index in [0.29, 0.717) is 38.2 Å². The van der Waals surface area contributed by atoms with Gasteiger partial charge in [0.2, 0.25) is 0 Å². The number of carbonyl (C=O) groups is 2. The van der Waals surface area contributed by atoms with Crippen LogP contribution in [-0.2, 0) is 11.3 Å². The molecule has 0 saturated carbocycles. The maximum absolute atomic E-state index is 12.3. The van der Waals surface area contributed by atoms with Gasteiger partial charge in [-0.1, -0.05) is 36.4 Å². The molecule has 6 heteroatoms. The minimum absolute atomic E-state index is 0.177. The third-order valence-electron chi connectivity index (χ3n) is 4.51. The van der Waals surface area contributed by atoms with Gasteiger partial charge < -0.3 is 20.1 Å². The molecule has 0 aliphatic carbocycles. The predicted octanol–water partition coefficient (Wildman–Crippen LogP) is 3.49. The van der Waals surface area contributed by atoms with Gasteiger partial charge in [0.05, 0.1) is 5.92 Å². The van der Waals surface area contributed by atoms with Crippen LogP contribution in [0.1, 0.15) is 18.4 Å². The van der Waals surface area contributed by atoms with Crippen molar-refractivity contribution in [2.45, 2.75) is 19.4 Å². The number of ether oxygens (including phenoxy) is 1. The molecule has 1 fully saturated rings. The molecule has 1 aliphatic heterocycles. The number of hydrogen-bond acceptors (Lipinski definition) is 3. The Balaban J connectivity index is 1.56. The van der Waals surface area contributed by atoms with E-state index in [9.17, 15) is 9.59 Å². The predicted molar refractivity (Wildman–Crippen MR) is 97.1 cm³/mol. The molecule has 0 bridgehead atoms. The number of benzene rings is 2. The summed E-state index contributed by atoms with van der Waals surface area (Å²) in [5, 5.41) is 11.9. The Bertz CT molecular complexity index is 755. The SMILES string of the molecule is O=C(O)C1CCN(C(=O)NCc2ccccc2Oc2ccccc2)CC1. The monoisotopic (exact) mass is 354 g/mol. The van der Waals surface area contributed by atoms with Crippen molar-refractivity contribution < 1.29 is 19.4 Å². The van der Waals surface area contributed by atoms with E-state index in [1.807, 2.05) is 54.6 Å². The number of para-hydroxylation sites is 2. The van der Waals surface area contributed by atoms with E-state index in [1.54, 1.807) is 4.90 Å². The van der Waals surface area contributed by atoms with Crippen LogP contribution in [0.15, 0.2) is 54.6 Å². The number of nitrogens with zero attached hydrogens (tertiary/aromatic N) is 1. The minimum Gasteiger partial charge on any atom is -0.481 e. The maximum atomic E-state index is 12.3. The van der Waals surface area contributed by atoms with Crippen LogP contribution in [0.5, 0.6) is 11.5 Å². The molecule has 136 valence electrons. The van der Waals surface area contributed by atoms with Crippen molar-refractivity contribution in [3.05, 3.63) is 60.2 Å². The van der Waals surface area contributed by atoms with Crippen molar-refractivity contribution >= 4 is 12.0 Å². The Kier molecular flexibility index (Phi) is 5.73. The van der Waals surface area contributed by atoms with Gasteiger partial charge in [-0.2, -0.15) is 0 Å². The first kappa shape index (κ1) is 17.8. The summed E-state index contributed by atoms with van der Waals surface area (Å²) in [4.78, 5) is 25.0. The quantitative estimate of drug-likeness (QED) is 0.861. The molecular weight excluding hydrogens is 332 g/mol. The smallest absolute Gasteiger partial charge is 0.317 e. The van der Waals surface area contributed by atoms with E-state index in [1.165, 1.54) is 0 Å². The fourth-order valence-electron chi connectivity index (χ4n) is 2.98. The van der Waals surface area contributed by atoms with E-state index in [0.717, 1.165) is 11.3 Å². The van der Waals surface area contributed by atoms with Crippen molar-refractivity contribution in [1.82, 2.24) is 10.2 Å². The second-order valence-electron chi connectivity index (χ2n) is 6.28. The molecule has 2 amide bonds. The summed E-state index contributed by atoms with van der Waals surface area (Å²) in [7, 11) is 0. The molecule has 2 aromatic rings. The third kappa shape index (κ3) is 4.53. The number of carboxylic acid groups (broad SMARTS) is 1. The number of piperidine rings is 1. The van der Waals surface area contributed by atoms with Gasteiger partial charge in [-0.05, 0) is 31.0 Å². The molecule has 0 spiro atoms. The number of aliphatic carboxylic acids is 1. The molecule has 2 N–H and O–H groups in total. The Morgan fingerprint density at radius 2 is 1.69 bits per heavy atom. The number of hydrogen-bond donors (Lipinski definition) is 2. The number of amides is 2. The van der Waals surface area contributed by atoms with Gasteiger partial charge in [0.15, 0.2) is 0 Å². The van der Waals surface area contributed by atoms with Gasteiger partial charge in [0.25, 0.3) is 0 Å². The van der Waals surface area contributed by atoms with Crippen LogP contribution < -0.4 is 10.1 Å². The average molecular weight is 354 g/mol. The Labute approximate surface area is 152 Å². The average Bonchev–Trinajstić information content (AvgIpc) is 2.68. The molecule has 1 aliphatic rings. The molecule has 2 aromatic carbocycles. The van der Waals surface area contributed by atoms with Gasteiger partial charge >= 0.3 is 12.0 Å². The van der Waals surface area contributed by atoms with Crippen molar-refractivity contribution in [3.63, 3.8) is 0 Å². The first-order valence-corrected chi connectivity index (χ1v) is 8.70. The highest BCUT2D eigenvalue weighted by Gasteiger charge is 2.26. The fraction of sp³-hybridized carbons (Fsp3) is 0.300. The lowest BCUT2D eigenvalue weighted by atomic mass is 9.97. The summed E-state index contributed by atoms with van der Waals surface area (Å²) in [6.07, 6.45) is 0.993. The van der Waals surface area contributed by atoms with Crippen LogP contribution in [0.2, 0.25) is 0 Å². The van der Waals surface area contributed by atoms with Crippen LogP contribution in [0.25, 0.3) is 0 Å². The second kappa shape index (κ2) is 8.38. The molecule has 1 heterocycles. The van der Waals surface area contributed by atoms with Gasteiger partial charge in [-0.25, -0.2) is 4.79 Å². The van der Waals surface area contributed by atoms with Crippen LogP contribution in [0.4, 0.5) is 4.79 Å². The summed E-state index contributed by atoms with van der Waals surface area (Å²) >= 11 is 0. The van der Waals surface area contributed by atoms with Gasteiger partial charge in [-0.3, -0.25) is 4.79 Å². The standard InChI is InChI=1S/C20H22N2O4/c23-19(24)15-10-12-22(13-11-15)20(25)21-14-16-6-4-5-9-18(16)26-17-7-2-1-3-8-17/h1-9,15H,10-14H2,(H,21,25)(H,23,24). The molecule has 1 saturated heterocycles. The summed E-state index contributed by atoms with van der Waals surface area (Å²) in [5.41, 5.74) is 0.880. The van der Waals surface area contributed by atoms with Crippen LogP contribution in [0.3, 0.4) is 0 Å². The fourth-order valence-corrected chi connectivity index (χ4v) is 2.98. The molecule has 0 unspecified atom stereocenters. The molecular formula is C20H22N2O4. The first-order chi connectivity index (χ1) is 12.6. The lowest BCUT2D eigenvalue weighted by Crippen LogP contribution is -2.45.